The Hall–Kier alpha value is -2.67. The van der Waals surface area contributed by atoms with Crippen LogP contribution in [0.3, 0.4) is 0 Å². The monoisotopic (exact) mass is 397 g/mol. The number of amides is 2. The molecule has 1 aliphatic rings. The minimum absolute atomic E-state index is 0.143. The summed E-state index contributed by atoms with van der Waals surface area (Å²) in [6.07, 6.45) is 3.64. The Bertz CT molecular complexity index is 844. The van der Waals surface area contributed by atoms with Crippen molar-refractivity contribution in [2.45, 2.75) is 39.2 Å². The largest absolute Gasteiger partial charge is 0.349 e. The third kappa shape index (κ3) is 4.85. The average molecular weight is 398 g/mol. The molecule has 0 unspecified atom stereocenters. The van der Waals surface area contributed by atoms with E-state index in [4.69, 9.17) is 0 Å². The first-order valence-electron chi connectivity index (χ1n) is 10.4. The minimum Gasteiger partial charge on any atom is -0.349 e. The second-order valence-electron chi connectivity index (χ2n) is 7.64. The number of carbonyl (C=O) groups excluding carboxylic acids is 2. The Morgan fingerprint density at radius 1 is 1.17 bits per heavy atom. The molecule has 0 fully saturated rings. The zero-order chi connectivity index (χ0) is 20.8. The number of hydrogen-bond acceptors (Lipinski definition) is 4. The quantitative estimate of drug-likeness (QED) is 0.695. The molecule has 1 N–H and O–H groups in total. The lowest BCUT2D eigenvalue weighted by atomic mass is 10.1. The number of benzene rings is 1. The summed E-state index contributed by atoms with van der Waals surface area (Å²) in [5.41, 5.74) is 2.13. The van der Waals surface area contributed by atoms with Crippen molar-refractivity contribution in [2.24, 2.45) is 0 Å². The number of imidazole rings is 1. The summed E-state index contributed by atoms with van der Waals surface area (Å²) in [5, 5.41) is 2.96. The first kappa shape index (κ1) is 21.0. The van der Waals surface area contributed by atoms with Crippen molar-refractivity contribution in [1.29, 1.82) is 0 Å². The van der Waals surface area contributed by atoms with Gasteiger partial charge in [0, 0.05) is 25.3 Å². The zero-order valence-electron chi connectivity index (χ0n) is 17.6. The van der Waals surface area contributed by atoms with Crippen molar-refractivity contribution < 1.29 is 9.59 Å². The molecule has 3 rings (SSSR count). The van der Waals surface area contributed by atoms with Crippen molar-refractivity contribution in [3.63, 3.8) is 0 Å². The van der Waals surface area contributed by atoms with E-state index in [2.05, 4.69) is 15.2 Å². The van der Waals surface area contributed by atoms with E-state index in [1.54, 1.807) is 4.90 Å². The number of carbonyl (C=O) groups is 2. The molecule has 0 atom stereocenters. The van der Waals surface area contributed by atoms with Gasteiger partial charge in [-0.3, -0.25) is 9.59 Å². The normalized spacial score (nSPS) is 13.2. The zero-order valence-corrected chi connectivity index (χ0v) is 17.6. The molecule has 0 saturated heterocycles. The first-order chi connectivity index (χ1) is 14.0. The molecular formula is C22H31N5O2. The Morgan fingerprint density at radius 2 is 1.93 bits per heavy atom. The number of rotatable bonds is 8. The summed E-state index contributed by atoms with van der Waals surface area (Å²) in [5.74, 6) is 0.0155. The summed E-state index contributed by atoms with van der Waals surface area (Å²) in [6.45, 7) is 4.72. The highest BCUT2D eigenvalue weighted by atomic mass is 16.2. The predicted molar refractivity (Wildman–Crippen MR) is 114 cm³/mol. The smallest absolute Gasteiger partial charge is 0.287 e. The molecule has 1 aliphatic heterocycles. The molecule has 0 bridgehead atoms. The third-order valence-electron chi connectivity index (χ3n) is 5.22. The SMILES string of the molecule is CCN(C(=O)c1nc(C(=O)NCCCN(C)C)n2c1CCCC2)c1ccccc1. The van der Waals surface area contributed by atoms with E-state index in [9.17, 15) is 9.59 Å². The topological polar surface area (TPSA) is 70.5 Å². The Morgan fingerprint density at radius 3 is 2.62 bits per heavy atom. The maximum atomic E-state index is 13.3. The number of nitrogens with one attached hydrogen (secondary N) is 1. The molecule has 1 aromatic carbocycles. The minimum atomic E-state index is -0.200. The summed E-state index contributed by atoms with van der Waals surface area (Å²) < 4.78 is 1.94. The van der Waals surface area contributed by atoms with Crippen LogP contribution in [-0.2, 0) is 13.0 Å². The second kappa shape index (κ2) is 9.69. The Balaban J connectivity index is 1.84. The summed E-state index contributed by atoms with van der Waals surface area (Å²) in [6, 6.07) is 9.60. The van der Waals surface area contributed by atoms with E-state index >= 15 is 0 Å². The van der Waals surface area contributed by atoms with E-state index in [1.165, 1.54) is 0 Å². The van der Waals surface area contributed by atoms with Crippen LogP contribution in [0.4, 0.5) is 5.69 Å². The highest BCUT2D eigenvalue weighted by Gasteiger charge is 2.29. The van der Waals surface area contributed by atoms with Gasteiger partial charge in [-0.1, -0.05) is 18.2 Å². The van der Waals surface area contributed by atoms with Crippen molar-refractivity contribution in [1.82, 2.24) is 19.8 Å². The molecule has 29 heavy (non-hydrogen) atoms. The van der Waals surface area contributed by atoms with Gasteiger partial charge in [0.2, 0.25) is 0 Å². The molecule has 2 heterocycles. The van der Waals surface area contributed by atoms with Gasteiger partial charge in [0.05, 0.1) is 5.69 Å². The number of nitrogens with zero attached hydrogens (tertiary/aromatic N) is 4. The van der Waals surface area contributed by atoms with Crippen LogP contribution in [-0.4, -0.2) is 60.0 Å². The van der Waals surface area contributed by atoms with Crippen molar-refractivity contribution in [3.8, 4) is 0 Å². The van der Waals surface area contributed by atoms with Crippen LogP contribution in [0.25, 0.3) is 0 Å². The molecule has 7 nitrogen and oxygen atoms in total. The molecule has 2 aromatic rings. The number of aromatic nitrogens is 2. The number of fused-ring (bicyclic) bond motifs is 1. The maximum Gasteiger partial charge on any atom is 0.287 e. The predicted octanol–water partition coefficient (Wildman–Crippen LogP) is 2.57. The fourth-order valence-electron chi connectivity index (χ4n) is 3.74. The fourth-order valence-corrected chi connectivity index (χ4v) is 3.74. The van der Waals surface area contributed by atoms with Crippen LogP contribution >= 0.6 is 0 Å². The van der Waals surface area contributed by atoms with Gasteiger partial charge in [0.25, 0.3) is 11.8 Å². The molecule has 1 aromatic heterocycles. The van der Waals surface area contributed by atoms with Crippen LogP contribution in [0, 0.1) is 0 Å². The molecule has 7 heteroatoms. The lowest BCUT2D eigenvalue weighted by molar-refractivity contribution is 0.0936. The van der Waals surface area contributed by atoms with Gasteiger partial charge < -0.3 is 19.7 Å². The van der Waals surface area contributed by atoms with Crippen LogP contribution in [0.15, 0.2) is 30.3 Å². The van der Waals surface area contributed by atoms with E-state index in [1.807, 2.05) is 55.9 Å². The average Bonchev–Trinajstić information content (AvgIpc) is 3.12. The maximum absolute atomic E-state index is 13.3. The summed E-state index contributed by atoms with van der Waals surface area (Å²) in [7, 11) is 4.02. The molecular weight excluding hydrogens is 366 g/mol. The molecule has 0 aliphatic carbocycles. The van der Waals surface area contributed by atoms with E-state index < -0.39 is 0 Å². The standard InChI is InChI=1S/C22H31N5O2/c1-4-26(17-11-6-5-7-12-17)22(29)19-18-13-8-9-16-27(18)20(24-19)21(28)23-14-10-15-25(2)3/h5-7,11-12H,4,8-10,13-16H2,1-3H3,(H,23,28). The van der Waals surface area contributed by atoms with Gasteiger partial charge in [-0.2, -0.15) is 0 Å². The van der Waals surface area contributed by atoms with Crippen molar-refractivity contribution in [3.05, 3.63) is 47.5 Å². The number of anilines is 1. The molecule has 2 amide bonds. The lowest BCUT2D eigenvalue weighted by Gasteiger charge is -2.22. The molecule has 0 saturated carbocycles. The summed E-state index contributed by atoms with van der Waals surface area (Å²) in [4.78, 5) is 34.5. The second-order valence-corrected chi connectivity index (χ2v) is 7.64. The highest BCUT2D eigenvalue weighted by Crippen LogP contribution is 2.24. The highest BCUT2D eigenvalue weighted by molar-refractivity contribution is 6.06. The van der Waals surface area contributed by atoms with Gasteiger partial charge in [-0.15, -0.1) is 0 Å². The van der Waals surface area contributed by atoms with Gasteiger partial charge >= 0.3 is 0 Å². The van der Waals surface area contributed by atoms with Crippen LogP contribution in [0.1, 0.15) is 53.0 Å². The van der Waals surface area contributed by atoms with Gasteiger partial charge in [-0.25, -0.2) is 4.98 Å². The lowest BCUT2D eigenvalue weighted by Crippen LogP contribution is -2.32. The molecule has 0 radical (unpaired) electrons. The van der Waals surface area contributed by atoms with E-state index in [0.717, 1.165) is 50.2 Å². The van der Waals surface area contributed by atoms with Gasteiger partial charge in [-0.05, 0) is 65.4 Å². The van der Waals surface area contributed by atoms with Crippen molar-refractivity contribution >= 4 is 17.5 Å². The molecule has 156 valence electrons. The Kier molecular flexibility index (Phi) is 7.04. The molecule has 0 spiro atoms. The van der Waals surface area contributed by atoms with Crippen LogP contribution in [0.5, 0.6) is 0 Å². The van der Waals surface area contributed by atoms with Crippen LogP contribution < -0.4 is 10.2 Å². The van der Waals surface area contributed by atoms with Gasteiger partial charge in [0.1, 0.15) is 0 Å². The van der Waals surface area contributed by atoms with Crippen molar-refractivity contribution in [2.75, 3.05) is 38.6 Å². The van der Waals surface area contributed by atoms with E-state index in [-0.39, 0.29) is 11.8 Å². The first-order valence-corrected chi connectivity index (χ1v) is 10.4. The van der Waals surface area contributed by atoms with Gasteiger partial charge in [0.15, 0.2) is 11.5 Å². The number of hydrogen-bond donors (Lipinski definition) is 1. The Labute approximate surface area is 172 Å². The van der Waals surface area contributed by atoms with E-state index in [0.29, 0.717) is 24.6 Å². The van der Waals surface area contributed by atoms with Crippen LogP contribution in [0.2, 0.25) is 0 Å². The summed E-state index contributed by atoms with van der Waals surface area (Å²) >= 11 is 0. The fraction of sp³-hybridized carbons (Fsp3) is 0.500. The third-order valence-corrected chi connectivity index (χ3v) is 5.22. The number of para-hydroxylation sites is 1.